The Balaban J connectivity index is 1.96. The van der Waals surface area contributed by atoms with E-state index in [0.29, 0.717) is 18.2 Å². The molecule has 0 unspecified atom stereocenters. The summed E-state index contributed by atoms with van der Waals surface area (Å²) in [7, 11) is 0. The van der Waals surface area contributed by atoms with Crippen molar-refractivity contribution in [3.05, 3.63) is 5.56 Å². The number of carbonyl (C=O) groups excluding carboxylic acids is 1. The molecule has 1 saturated heterocycles. The van der Waals surface area contributed by atoms with E-state index in [1.807, 2.05) is 0 Å². The molecule has 0 atom stereocenters. The Bertz CT molecular complexity index is 470. The van der Waals surface area contributed by atoms with Gasteiger partial charge in [-0.15, -0.1) is 0 Å². The number of nitrogens with one attached hydrogen (secondary N) is 1. The first kappa shape index (κ1) is 16.0. The maximum Gasteiger partial charge on any atom is 0.344 e. The molecule has 0 saturated carbocycles. The fraction of sp³-hybridized carbons (Fsp3) is 0.714. The molecule has 0 spiro atoms. The molecule has 1 aromatic rings. The van der Waals surface area contributed by atoms with E-state index < -0.39 is 5.97 Å². The molecule has 21 heavy (non-hydrogen) atoms. The summed E-state index contributed by atoms with van der Waals surface area (Å²) in [5, 5.41) is 4.16. The highest BCUT2D eigenvalue weighted by Crippen LogP contribution is 2.29. The number of hydrogen-bond donors (Lipinski definition) is 2. The summed E-state index contributed by atoms with van der Waals surface area (Å²) in [5.74, 6) is -0.140. The zero-order valence-corrected chi connectivity index (χ0v) is 13.5. The summed E-state index contributed by atoms with van der Waals surface area (Å²) in [5.41, 5.74) is 6.18. The van der Waals surface area contributed by atoms with E-state index in [1.165, 1.54) is 18.0 Å². The van der Waals surface area contributed by atoms with Crippen LogP contribution < -0.4 is 11.1 Å². The van der Waals surface area contributed by atoms with Gasteiger partial charge >= 0.3 is 5.97 Å². The van der Waals surface area contributed by atoms with Gasteiger partial charge in [-0.2, -0.15) is 4.37 Å². The van der Waals surface area contributed by atoms with Gasteiger partial charge in [-0.1, -0.05) is 6.92 Å². The molecule has 0 radical (unpaired) electrons. The van der Waals surface area contributed by atoms with Crippen LogP contribution >= 0.6 is 11.5 Å². The molecule has 1 aliphatic rings. The van der Waals surface area contributed by atoms with Crippen LogP contribution in [0.5, 0.6) is 0 Å². The molecule has 0 amide bonds. The minimum atomic E-state index is -0.394. The number of nitrogens with zero attached hydrogens (tertiary/aromatic N) is 2. The average molecular weight is 312 g/mol. The number of esters is 1. The normalized spacial score (nSPS) is 16.9. The molecule has 3 N–H and O–H groups in total. The highest BCUT2D eigenvalue weighted by molar-refractivity contribution is 7.11. The van der Waals surface area contributed by atoms with Crippen molar-refractivity contribution in [2.45, 2.75) is 39.2 Å². The Morgan fingerprint density at radius 2 is 2.19 bits per heavy atom. The minimum Gasteiger partial charge on any atom is -0.462 e. The van der Waals surface area contributed by atoms with Gasteiger partial charge in [-0.25, -0.2) is 4.79 Å². The quantitative estimate of drug-likeness (QED) is 0.784. The highest BCUT2D eigenvalue weighted by Gasteiger charge is 2.24. The van der Waals surface area contributed by atoms with Crippen molar-refractivity contribution in [2.24, 2.45) is 0 Å². The summed E-state index contributed by atoms with van der Waals surface area (Å²) >= 11 is 1.23. The zero-order chi connectivity index (χ0) is 15.2. The largest absolute Gasteiger partial charge is 0.462 e. The molecule has 0 bridgehead atoms. The lowest BCUT2D eigenvalue weighted by molar-refractivity contribution is 0.0529. The Kier molecular flexibility index (Phi) is 5.81. The second-order valence-corrected chi connectivity index (χ2v) is 6.03. The lowest BCUT2D eigenvalue weighted by atomic mass is 10.0. The monoisotopic (exact) mass is 312 g/mol. The number of anilines is 2. The topological polar surface area (TPSA) is 80.5 Å². The number of piperidine rings is 1. The molecule has 118 valence electrons. The predicted molar refractivity (Wildman–Crippen MR) is 85.9 cm³/mol. The molecule has 7 heteroatoms. The van der Waals surface area contributed by atoms with Crippen molar-refractivity contribution in [3.63, 3.8) is 0 Å². The van der Waals surface area contributed by atoms with Crippen LogP contribution in [0.15, 0.2) is 0 Å². The maximum absolute atomic E-state index is 11.9. The predicted octanol–water partition coefficient (Wildman–Crippen LogP) is 2.19. The molecular formula is C14H24N4O2S. The van der Waals surface area contributed by atoms with Crippen LogP contribution in [0.4, 0.5) is 10.8 Å². The number of ether oxygens (including phenoxy) is 1. The first-order valence-electron chi connectivity index (χ1n) is 7.56. The summed E-state index contributed by atoms with van der Waals surface area (Å²) in [6, 6.07) is 0.367. The smallest absolute Gasteiger partial charge is 0.344 e. The third-order valence-corrected chi connectivity index (χ3v) is 4.45. The standard InChI is InChI=1S/C14H24N4O2S/c1-3-7-18-8-5-10(6-9-18)16-13-11(12(15)17-21-13)14(19)20-4-2/h10,16H,3-9H2,1-2H3,(H2,15,17). The van der Waals surface area contributed by atoms with E-state index in [0.717, 1.165) is 37.5 Å². The maximum atomic E-state index is 11.9. The summed E-state index contributed by atoms with van der Waals surface area (Å²) < 4.78 is 9.12. The first-order valence-corrected chi connectivity index (χ1v) is 8.34. The van der Waals surface area contributed by atoms with Gasteiger partial charge in [0.1, 0.15) is 10.6 Å². The van der Waals surface area contributed by atoms with E-state index in [1.54, 1.807) is 6.92 Å². The number of carbonyl (C=O) groups is 1. The molecular weight excluding hydrogens is 288 g/mol. The van der Waals surface area contributed by atoms with Gasteiger partial charge in [0.15, 0.2) is 5.82 Å². The lowest BCUT2D eigenvalue weighted by Gasteiger charge is -2.32. The van der Waals surface area contributed by atoms with Crippen molar-refractivity contribution in [1.82, 2.24) is 9.27 Å². The number of likely N-dealkylation sites (tertiary alicyclic amines) is 1. The Hall–Kier alpha value is -1.34. The fourth-order valence-electron chi connectivity index (χ4n) is 2.60. The van der Waals surface area contributed by atoms with E-state index in [9.17, 15) is 4.79 Å². The molecule has 1 fully saturated rings. The van der Waals surface area contributed by atoms with E-state index in [2.05, 4.69) is 21.5 Å². The molecule has 6 nitrogen and oxygen atoms in total. The van der Waals surface area contributed by atoms with Crippen LogP contribution in [-0.4, -0.2) is 47.5 Å². The molecule has 0 aliphatic carbocycles. The van der Waals surface area contributed by atoms with Crippen molar-refractivity contribution in [3.8, 4) is 0 Å². The van der Waals surface area contributed by atoms with Crippen LogP contribution in [0.2, 0.25) is 0 Å². The SMILES string of the molecule is CCCN1CCC(Nc2snc(N)c2C(=O)OCC)CC1. The summed E-state index contributed by atoms with van der Waals surface area (Å²) in [4.78, 5) is 14.4. The molecule has 2 heterocycles. The Morgan fingerprint density at radius 1 is 1.48 bits per heavy atom. The van der Waals surface area contributed by atoms with Gasteiger partial charge in [0.05, 0.1) is 6.61 Å². The van der Waals surface area contributed by atoms with Crippen LogP contribution in [0, 0.1) is 0 Å². The number of nitrogen functional groups attached to an aromatic ring is 1. The average Bonchev–Trinajstić information content (AvgIpc) is 2.82. The Labute approximate surface area is 129 Å². The van der Waals surface area contributed by atoms with Crippen molar-refractivity contribution in [2.75, 3.05) is 37.3 Å². The Morgan fingerprint density at radius 3 is 2.81 bits per heavy atom. The summed E-state index contributed by atoms with van der Waals surface area (Å²) in [6.07, 6.45) is 3.33. The van der Waals surface area contributed by atoms with Gasteiger partial charge in [0, 0.05) is 19.1 Å². The van der Waals surface area contributed by atoms with E-state index >= 15 is 0 Å². The van der Waals surface area contributed by atoms with Crippen molar-refractivity contribution < 1.29 is 9.53 Å². The van der Waals surface area contributed by atoms with Gasteiger partial charge in [0.25, 0.3) is 0 Å². The molecule has 1 aromatic heterocycles. The fourth-order valence-corrected chi connectivity index (χ4v) is 3.38. The van der Waals surface area contributed by atoms with Crippen LogP contribution in [0.3, 0.4) is 0 Å². The second-order valence-electron chi connectivity index (χ2n) is 5.25. The summed E-state index contributed by atoms with van der Waals surface area (Å²) in [6.45, 7) is 7.67. The van der Waals surface area contributed by atoms with Crippen LogP contribution in [0.25, 0.3) is 0 Å². The van der Waals surface area contributed by atoms with Crippen LogP contribution in [-0.2, 0) is 4.74 Å². The number of aromatic nitrogens is 1. The second kappa shape index (κ2) is 7.61. The van der Waals surface area contributed by atoms with Gasteiger partial charge < -0.3 is 20.7 Å². The van der Waals surface area contributed by atoms with Crippen LogP contribution in [0.1, 0.15) is 43.5 Å². The van der Waals surface area contributed by atoms with Crippen molar-refractivity contribution in [1.29, 1.82) is 0 Å². The number of hydrogen-bond acceptors (Lipinski definition) is 7. The van der Waals surface area contributed by atoms with Crippen molar-refractivity contribution >= 4 is 28.3 Å². The molecule has 0 aromatic carbocycles. The number of nitrogens with two attached hydrogens (primary N) is 1. The number of rotatable bonds is 6. The van der Waals surface area contributed by atoms with Gasteiger partial charge in [0.2, 0.25) is 0 Å². The van der Waals surface area contributed by atoms with E-state index in [-0.39, 0.29) is 5.82 Å². The zero-order valence-electron chi connectivity index (χ0n) is 12.7. The third-order valence-electron chi connectivity index (χ3n) is 3.66. The third kappa shape index (κ3) is 4.07. The molecule has 1 aliphatic heterocycles. The lowest BCUT2D eigenvalue weighted by Crippen LogP contribution is -2.39. The van der Waals surface area contributed by atoms with Gasteiger partial charge in [-0.05, 0) is 44.3 Å². The molecule has 2 rings (SSSR count). The van der Waals surface area contributed by atoms with Gasteiger partial charge in [-0.3, -0.25) is 0 Å². The minimum absolute atomic E-state index is 0.254. The highest BCUT2D eigenvalue weighted by atomic mass is 32.1. The first-order chi connectivity index (χ1) is 10.2. The van der Waals surface area contributed by atoms with E-state index in [4.69, 9.17) is 10.5 Å².